The Kier molecular flexibility index (Phi) is 3.71. The number of ether oxygens (including phenoxy) is 1. The smallest absolute Gasteiger partial charge is 0.221 e. The van der Waals surface area contributed by atoms with Gasteiger partial charge in [-0.2, -0.15) is 0 Å². The topological polar surface area (TPSA) is 96.9 Å². The molecule has 16 heavy (non-hydrogen) atoms. The van der Waals surface area contributed by atoms with Gasteiger partial charge in [0.15, 0.2) is 5.84 Å². The van der Waals surface area contributed by atoms with Crippen LogP contribution in [0.25, 0.3) is 0 Å². The van der Waals surface area contributed by atoms with Gasteiger partial charge >= 0.3 is 0 Å². The van der Waals surface area contributed by atoms with Gasteiger partial charge in [-0.3, -0.25) is 4.79 Å². The lowest BCUT2D eigenvalue weighted by Crippen LogP contribution is -2.18. The van der Waals surface area contributed by atoms with E-state index in [9.17, 15) is 4.79 Å². The molecule has 0 bridgehead atoms. The van der Waals surface area contributed by atoms with E-state index in [-0.39, 0.29) is 11.7 Å². The monoisotopic (exact) mass is 223 g/mol. The van der Waals surface area contributed by atoms with Crippen molar-refractivity contribution in [3.63, 3.8) is 0 Å². The molecule has 1 aromatic rings. The van der Waals surface area contributed by atoms with E-state index in [2.05, 4.69) is 10.5 Å². The molecule has 0 aliphatic heterocycles. The average Bonchev–Trinajstić information content (AvgIpc) is 2.27. The molecule has 1 rings (SSSR count). The van der Waals surface area contributed by atoms with Crippen molar-refractivity contribution in [1.29, 1.82) is 0 Å². The van der Waals surface area contributed by atoms with Crippen molar-refractivity contribution in [3.05, 3.63) is 23.8 Å². The molecular weight excluding hydrogens is 210 g/mol. The van der Waals surface area contributed by atoms with Crippen LogP contribution < -0.4 is 15.8 Å². The summed E-state index contributed by atoms with van der Waals surface area (Å²) in [6, 6.07) is 4.96. The van der Waals surface area contributed by atoms with E-state index in [1.54, 1.807) is 18.2 Å². The molecule has 1 amide bonds. The summed E-state index contributed by atoms with van der Waals surface area (Å²) >= 11 is 0. The first-order valence-electron chi connectivity index (χ1n) is 4.52. The van der Waals surface area contributed by atoms with Crippen molar-refractivity contribution in [2.24, 2.45) is 10.9 Å². The van der Waals surface area contributed by atoms with Crippen LogP contribution in [0.1, 0.15) is 12.5 Å². The van der Waals surface area contributed by atoms with Crippen LogP contribution in [-0.2, 0) is 4.79 Å². The second kappa shape index (κ2) is 5.01. The summed E-state index contributed by atoms with van der Waals surface area (Å²) < 4.78 is 5.07. The molecule has 86 valence electrons. The Morgan fingerprint density at radius 1 is 1.56 bits per heavy atom. The van der Waals surface area contributed by atoms with Gasteiger partial charge in [0.1, 0.15) is 5.75 Å². The minimum Gasteiger partial charge on any atom is -0.495 e. The third kappa shape index (κ3) is 2.41. The number of nitrogens with two attached hydrogens (primary N) is 1. The van der Waals surface area contributed by atoms with Crippen LogP contribution in [-0.4, -0.2) is 24.1 Å². The summed E-state index contributed by atoms with van der Waals surface area (Å²) in [4.78, 5) is 11.0. The van der Waals surface area contributed by atoms with E-state index < -0.39 is 0 Å². The summed E-state index contributed by atoms with van der Waals surface area (Å²) in [7, 11) is 1.47. The number of hydrogen-bond donors (Lipinski definition) is 3. The van der Waals surface area contributed by atoms with Crippen molar-refractivity contribution in [1.82, 2.24) is 0 Å². The molecule has 0 atom stereocenters. The Morgan fingerprint density at radius 2 is 2.25 bits per heavy atom. The van der Waals surface area contributed by atoms with Gasteiger partial charge in [-0.15, -0.1) is 0 Å². The van der Waals surface area contributed by atoms with Crippen molar-refractivity contribution in [2.75, 3.05) is 12.4 Å². The number of carbonyl (C=O) groups excluding carboxylic acids is 1. The Labute approximate surface area is 92.7 Å². The summed E-state index contributed by atoms with van der Waals surface area (Å²) in [6.07, 6.45) is 0. The second-order valence-corrected chi connectivity index (χ2v) is 3.05. The Morgan fingerprint density at radius 3 is 2.75 bits per heavy atom. The molecule has 0 unspecified atom stereocenters. The largest absolute Gasteiger partial charge is 0.495 e. The standard InChI is InChI=1S/C10H13N3O3/c1-6(14)12-9-7(10(11)13-15)4-3-5-8(9)16-2/h3-5,15H,1-2H3,(H2,11,13)(H,12,14). The summed E-state index contributed by atoms with van der Waals surface area (Å²) in [5.74, 6) is 0.0819. The van der Waals surface area contributed by atoms with Crippen molar-refractivity contribution in [3.8, 4) is 5.75 Å². The maximum atomic E-state index is 11.0. The van der Waals surface area contributed by atoms with Crippen LogP contribution in [0.3, 0.4) is 0 Å². The van der Waals surface area contributed by atoms with E-state index in [4.69, 9.17) is 15.7 Å². The number of anilines is 1. The zero-order valence-electron chi connectivity index (χ0n) is 9.02. The van der Waals surface area contributed by atoms with Crippen molar-refractivity contribution in [2.45, 2.75) is 6.92 Å². The fourth-order valence-corrected chi connectivity index (χ4v) is 1.27. The van der Waals surface area contributed by atoms with Crippen LogP contribution in [0.15, 0.2) is 23.4 Å². The predicted octanol–water partition coefficient (Wildman–Crippen LogP) is 0.748. The molecule has 0 spiro atoms. The third-order valence-corrected chi connectivity index (χ3v) is 1.93. The molecule has 0 aromatic heterocycles. The predicted molar refractivity (Wildman–Crippen MR) is 59.8 cm³/mol. The summed E-state index contributed by atoms with van der Waals surface area (Å²) in [5.41, 5.74) is 6.27. The van der Waals surface area contributed by atoms with Crippen LogP contribution in [0.2, 0.25) is 0 Å². The molecule has 0 radical (unpaired) electrons. The minimum absolute atomic E-state index is 0.0948. The van der Waals surface area contributed by atoms with Gasteiger partial charge in [0, 0.05) is 12.5 Å². The highest BCUT2D eigenvalue weighted by atomic mass is 16.5. The maximum absolute atomic E-state index is 11.0. The number of para-hydroxylation sites is 1. The quantitative estimate of drug-likeness (QED) is 0.305. The van der Waals surface area contributed by atoms with Crippen molar-refractivity contribution >= 4 is 17.4 Å². The van der Waals surface area contributed by atoms with Gasteiger partial charge in [-0.05, 0) is 12.1 Å². The first kappa shape index (κ1) is 11.8. The molecule has 6 nitrogen and oxygen atoms in total. The molecule has 0 aliphatic carbocycles. The lowest BCUT2D eigenvalue weighted by atomic mass is 10.1. The molecule has 0 fully saturated rings. The molecule has 4 N–H and O–H groups in total. The zero-order chi connectivity index (χ0) is 12.1. The van der Waals surface area contributed by atoms with Gasteiger partial charge < -0.3 is 21.0 Å². The van der Waals surface area contributed by atoms with Crippen molar-refractivity contribution < 1.29 is 14.7 Å². The maximum Gasteiger partial charge on any atom is 0.221 e. The molecular formula is C10H13N3O3. The first-order valence-corrected chi connectivity index (χ1v) is 4.52. The van der Waals surface area contributed by atoms with E-state index in [0.29, 0.717) is 17.0 Å². The fraction of sp³-hybridized carbons (Fsp3) is 0.200. The number of carbonyl (C=O) groups is 1. The van der Waals surface area contributed by atoms with Crippen LogP contribution >= 0.6 is 0 Å². The van der Waals surface area contributed by atoms with Gasteiger partial charge in [-0.1, -0.05) is 11.2 Å². The molecule has 1 aromatic carbocycles. The van der Waals surface area contributed by atoms with Crippen LogP contribution in [0, 0.1) is 0 Å². The third-order valence-electron chi connectivity index (χ3n) is 1.93. The van der Waals surface area contributed by atoms with Crippen LogP contribution in [0.4, 0.5) is 5.69 Å². The highest BCUT2D eigenvalue weighted by Gasteiger charge is 2.13. The van der Waals surface area contributed by atoms with E-state index in [1.165, 1.54) is 14.0 Å². The van der Waals surface area contributed by atoms with E-state index in [1.807, 2.05) is 0 Å². The Hall–Kier alpha value is -2.24. The SMILES string of the molecule is COc1cccc(/C(N)=N/O)c1NC(C)=O. The number of nitrogens with one attached hydrogen (secondary N) is 1. The number of nitrogens with zero attached hydrogens (tertiary/aromatic N) is 1. The molecule has 0 saturated carbocycles. The number of methoxy groups -OCH3 is 1. The number of oxime groups is 1. The zero-order valence-corrected chi connectivity index (χ0v) is 9.02. The molecule has 6 heteroatoms. The Balaban J connectivity index is 3.31. The van der Waals surface area contributed by atoms with Crippen LogP contribution in [0.5, 0.6) is 5.75 Å². The normalized spacial score (nSPS) is 11.0. The number of rotatable bonds is 3. The van der Waals surface area contributed by atoms with Gasteiger partial charge in [-0.25, -0.2) is 0 Å². The Bertz CT molecular complexity index is 429. The minimum atomic E-state index is -0.267. The lowest BCUT2D eigenvalue weighted by molar-refractivity contribution is -0.114. The second-order valence-electron chi connectivity index (χ2n) is 3.05. The number of amides is 1. The van der Waals surface area contributed by atoms with E-state index >= 15 is 0 Å². The molecule has 0 saturated heterocycles. The highest BCUT2D eigenvalue weighted by molar-refractivity contribution is 6.06. The first-order chi connectivity index (χ1) is 7.60. The lowest BCUT2D eigenvalue weighted by Gasteiger charge is -2.12. The van der Waals surface area contributed by atoms with E-state index in [0.717, 1.165) is 0 Å². The van der Waals surface area contributed by atoms with Gasteiger partial charge in [0.25, 0.3) is 0 Å². The molecule has 0 aliphatic rings. The van der Waals surface area contributed by atoms with Gasteiger partial charge in [0.2, 0.25) is 5.91 Å². The number of amidine groups is 1. The summed E-state index contributed by atoms with van der Waals surface area (Å²) in [5, 5.41) is 14.1. The average molecular weight is 223 g/mol. The number of hydrogen-bond acceptors (Lipinski definition) is 4. The fourth-order valence-electron chi connectivity index (χ4n) is 1.27. The summed E-state index contributed by atoms with van der Waals surface area (Å²) in [6.45, 7) is 1.36. The highest BCUT2D eigenvalue weighted by Crippen LogP contribution is 2.28. The molecule has 0 heterocycles. The number of benzene rings is 1. The van der Waals surface area contributed by atoms with Gasteiger partial charge in [0.05, 0.1) is 12.8 Å².